The van der Waals surface area contributed by atoms with Gasteiger partial charge in [0.05, 0.1) is 7.18 Å². The molecule has 2 heteroatoms. The van der Waals surface area contributed by atoms with Crippen molar-refractivity contribution in [3.8, 4) is 0 Å². The molecule has 0 aromatic heterocycles. The molecule has 0 aromatic carbocycles. The van der Waals surface area contributed by atoms with Gasteiger partial charge >= 0.3 is 0 Å². The van der Waals surface area contributed by atoms with Gasteiger partial charge in [-0.3, -0.25) is 4.39 Å². The molecular weight excluding hydrogens is 207 g/mol. The van der Waals surface area contributed by atoms with Gasteiger partial charge in [0.1, 0.15) is 0 Å². The lowest BCUT2D eigenvalue weighted by atomic mass is 10.0. The number of halogens is 2. The van der Waals surface area contributed by atoms with E-state index >= 15 is 0 Å². The van der Waals surface area contributed by atoms with E-state index in [2.05, 4.69) is 29.8 Å². The quantitative estimate of drug-likeness (QED) is 0.618. The van der Waals surface area contributed by atoms with E-state index in [1.54, 1.807) is 0 Å². The van der Waals surface area contributed by atoms with Crippen LogP contribution >= 0.6 is 15.9 Å². The predicted octanol–water partition coefficient (Wildman–Crippen LogP) is 4.18. The fraction of sp³-hybridized carbons (Fsp3) is 1.00. The third-order valence-electron chi connectivity index (χ3n) is 1.65. The van der Waals surface area contributed by atoms with Crippen LogP contribution < -0.4 is 0 Å². The topological polar surface area (TPSA) is 0 Å². The van der Waals surface area contributed by atoms with E-state index in [9.17, 15) is 4.39 Å². The van der Waals surface area contributed by atoms with Gasteiger partial charge in [-0.1, -0.05) is 49.0 Å². The maximum absolute atomic E-state index is 9.50. The van der Waals surface area contributed by atoms with Gasteiger partial charge in [-0.2, -0.15) is 0 Å². The zero-order valence-electron chi connectivity index (χ0n) is 7.87. The van der Waals surface area contributed by atoms with Gasteiger partial charge in [0.2, 0.25) is 0 Å². The molecule has 0 N–H and O–H groups in total. The standard InChI is InChI=1S/C8H17Br.CH3F/c1-3-4-5-8(2)6-7-9;1-2/h8H,3-7H2,1-2H3;1H3. The molecule has 0 bridgehead atoms. The summed E-state index contributed by atoms with van der Waals surface area (Å²) in [4.78, 5) is 0. The predicted molar refractivity (Wildman–Crippen MR) is 54.1 cm³/mol. The third kappa shape index (κ3) is 13.4. The van der Waals surface area contributed by atoms with E-state index in [4.69, 9.17) is 0 Å². The Bertz CT molecular complexity index is 57.5. The molecule has 1 atom stereocenters. The smallest absolute Gasteiger partial charge is 0.0785 e. The van der Waals surface area contributed by atoms with Crippen LogP contribution in [0.4, 0.5) is 4.39 Å². The Morgan fingerprint density at radius 1 is 1.27 bits per heavy atom. The number of hydrogen-bond acceptors (Lipinski definition) is 0. The summed E-state index contributed by atoms with van der Waals surface area (Å²) in [5, 5.41) is 1.16. The normalized spacial score (nSPS) is 11.7. The molecule has 0 aliphatic carbocycles. The van der Waals surface area contributed by atoms with Gasteiger partial charge in [-0.15, -0.1) is 0 Å². The van der Waals surface area contributed by atoms with Crippen molar-refractivity contribution in [1.29, 1.82) is 0 Å². The molecule has 1 unspecified atom stereocenters. The summed E-state index contributed by atoms with van der Waals surface area (Å²) < 4.78 is 9.50. The Labute approximate surface area is 78.7 Å². The van der Waals surface area contributed by atoms with Crippen LogP contribution in [0.2, 0.25) is 0 Å². The number of unbranched alkanes of at least 4 members (excludes halogenated alkanes) is 1. The molecule has 0 aliphatic rings. The van der Waals surface area contributed by atoms with E-state index in [0.717, 1.165) is 11.2 Å². The first-order valence-corrected chi connectivity index (χ1v) is 5.37. The molecule has 0 amide bonds. The lowest BCUT2D eigenvalue weighted by Gasteiger charge is -2.06. The third-order valence-corrected chi connectivity index (χ3v) is 2.11. The number of rotatable bonds is 5. The Kier molecular flexibility index (Phi) is 16.5. The summed E-state index contributed by atoms with van der Waals surface area (Å²) in [6, 6.07) is 0. The molecule has 0 radical (unpaired) electrons. The van der Waals surface area contributed by atoms with Crippen molar-refractivity contribution in [3.05, 3.63) is 0 Å². The second-order valence-corrected chi connectivity index (χ2v) is 3.52. The molecule has 0 saturated carbocycles. The van der Waals surface area contributed by atoms with E-state index < -0.39 is 0 Å². The highest BCUT2D eigenvalue weighted by Gasteiger charge is 1.97. The summed E-state index contributed by atoms with van der Waals surface area (Å²) in [5.74, 6) is 0.921. The maximum atomic E-state index is 9.50. The zero-order valence-corrected chi connectivity index (χ0v) is 9.45. The first-order chi connectivity index (χ1) is 5.31. The SMILES string of the molecule is CCCCC(C)CCBr.CF. The molecule has 0 nitrogen and oxygen atoms in total. The zero-order chi connectivity index (χ0) is 9.11. The second kappa shape index (κ2) is 13.0. The van der Waals surface area contributed by atoms with Crippen LogP contribution in [0.25, 0.3) is 0 Å². The van der Waals surface area contributed by atoms with Crippen LogP contribution in [-0.2, 0) is 0 Å². The van der Waals surface area contributed by atoms with Crippen molar-refractivity contribution in [3.63, 3.8) is 0 Å². The molecule has 0 spiro atoms. The maximum Gasteiger partial charge on any atom is 0.0785 e. The fourth-order valence-corrected chi connectivity index (χ4v) is 1.66. The average Bonchev–Trinajstić information content (AvgIpc) is 2.05. The van der Waals surface area contributed by atoms with Gasteiger partial charge in [-0.05, 0) is 12.3 Å². The summed E-state index contributed by atoms with van der Waals surface area (Å²) in [5.41, 5.74) is 0. The van der Waals surface area contributed by atoms with Crippen molar-refractivity contribution in [2.45, 2.75) is 39.5 Å². The molecule has 11 heavy (non-hydrogen) atoms. The van der Waals surface area contributed by atoms with Gasteiger partial charge < -0.3 is 0 Å². The van der Waals surface area contributed by atoms with Crippen molar-refractivity contribution < 1.29 is 4.39 Å². The van der Waals surface area contributed by atoms with Crippen LogP contribution in [0.5, 0.6) is 0 Å². The summed E-state index contributed by atoms with van der Waals surface area (Å²) in [6.45, 7) is 4.58. The molecule has 0 rings (SSSR count). The Hall–Kier alpha value is 0.410. The lowest BCUT2D eigenvalue weighted by molar-refractivity contribution is 0.496. The van der Waals surface area contributed by atoms with Crippen molar-refractivity contribution in [1.82, 2.24) is 0 Å². The fourth-order valence-electron chi connectivity index (χ4n) is 0.883. The monoisotopic (exact) mass is 226 g/mol. The molecule has 0 heterocycles. The first kappa shape index (κ1) is 14.0. The Morgan fingerprint density at radius 2 is 1.82 bits per heavy atom. The van der Waals surface area contributed by atoms with Gasteiger partial charge in [0, 0.05) is 5.33 Å². The molecule has 0 fully saturated rings. The first-order valence-electron chi connectivity index (χ1n) is 4.25. The molecule has 0 aromatic rings. The van der Waals surface area contributed by atoms with Gasteiger partial charge in [-0.25, -0.2) is 0 Å². The molecule has 0 aliphatic heterocycles. The minimum absolute atomic E-state index is 0.500. The summed E-state index contributed by atoms with van der Waals surface area (Å²) in [6.07, 6.45) is 5.48. The van der Waals surface area contributed by atoms with E-state index in [1.165, 1.54) is 25.7 Å². The van der Waals surface area contributed by atoms with Crippen LogP contribution in [0, 0.1) is 5.92 Å². The van der Waals surface area contributed by atoms with Crippen molar-refractivity contribution in [2.24, 2.45) is 5.92 Å². The summed E-state index contributed by atoms with van der Waals surface area (Å²) >= 11 is 3.44. The van der Waals surface area contributed by atoms with E-state index in [1.807, 2.05) is 0 Å². The second-order valence-electron chi connectivity index (χ2n) is 2.73. The molecule has 0 saturated heterocycles. The molecular formula is C9H20BrF. The average molecular weight is 227 g/mol. The Morgan fingerprint density at radius 3 is 2.18 bits per heavy atom. The minimum atomic E-state index is 0.500. The van der Waals surface area contributed by atoms with E-state index in [0.29, 0.717) is 7.18 Å². The van der Waals surface area contributed by atoms with Gasteiger partial charge in [0.25, 0.3) is 0 Å². The van der Waals surface area contributed by atoms with Crippen molar-refractivity contribution >= 4 is 15.9 Å². The summed E-state index contributed by atoms with van der Waals surface area (Å²) in [7, 11) is 0.500. The van der Waals surface area contributed by atoms with Crippen LogP contribution in [-0.4, -0.2) is 12.5 Å². The number of hydrogen-bond donors (Lipinski definition) is 0. The highest BCUT2D eigenvalue weighted by molar-refractivity contribution is 9.09. The highest BCUT2D eigenvalue weighted by Crippen LogP contribution is 2.12. The van der Waals surface area contributed by atoms with Crippen LogP contribution in [0.3, 0.4) is 0 Å². The van der Waals surface area contributed by atoms with Crippen LogP contribution in [0.15, 0.2) is 0 Å². The van der Waals surface area contributed by atoms with Crippen molar-refractivity contribution in [2.75, 3.05) is 12.5 Å². The molecule has 70 valence electrons. The highest BCUT2D eigenvalue weighted by atomic mass is 79.9. The largest absolute Gasteiger partial charge is 0.255 e. The van der Waals surface area contributed by atoms with Crippen LogP contribution in [0.1, 0.15) is 39.5 Å². The van der Waals surface area contributed by atoms with Gasteiger partial charge in [0.15, 0.2) is 0 Å². The lowest BCUT2D eigenvalue weighted by Crippen LogP contribution is -1.94. The number of alkyl halides is 2. The Balaban J connectivity index is 0. The van der Waals surface area contributed by atoms with E-state index in [-0.39, 0.29) is 0 Å². The minimum Gasteiger partial charge on any atom is -0.255 e.